The van der Waals surface area contributed by atoms with Gasteiger partial charge in [-0.2, -0.15) is 22.2 Å². The Kier molecular flexibility index (Phi) is 27.0. The highest BCUT2D eigenvalue weighted by Crippen LogP contribution is 2.16. The number of hydrogen-bond acceptors (Lipinski definition) is 0. The first-order valence-corrected chi connectivity index (χ1v) is 17.9. The Morgan fingerprint density at radius 2 is 0.593 bits per heavy atom. The highest BCUT2D eigenvalue weighted by Gasteiger charge is 2.00. The summed E-state index contributed by atoms with van der Waals surface area (Å²) in [5.74, 6) is 0. The van der Waals surface area contributed by atoms with Crippen LogP contribution in [0, 0.1) is 0 Å². The molecule has 0 saturated heterocycles. The SMILES string of the molecule is Cl[SiH](Cl)CCCCCCCCCCCCCCCCCCCCCCCI. The second-order valence-corrected chi connectivity index (χ2v) is 14.6. The minimum Gasteiger partial charge on any atom is -0.150 e. The first kappa shape index (κ1) is 28.5. The van der Waals surface area contributed by atoms with Crippen LogP contribution in [-0.4, -0.2) is 11.8 Å². The van der Waals surface area contributed by atoms with Crippen molar-refractivity contribution in [1.29, 1.82) is 0 Å². The van der Waals surface area contributed by atoms with Crippen molar-refractivity contribution < 1.29 is 0 Å². The zero-order chi connectivity index (χ0) is 19.8. The molecule has 164 valence electrons. The topological polar surface area (TPSA) is 0 Å². The molecule has 0 unspecified atom stereocenters. The van der Waals surface area contributed by atoms with Crippen molar-refractivity contribution in [2.24, 2.45) is 0 Å². The van der Waals surface area contributed by atoms with Gasteiger partial charge in [-0.05, 0) is 16.9 Å². The molecule has 0 aromatic carbocycles. The van der Waals surface area contributed by atoms with E-state index in [-0.39, 0.29) is 0 Å². The molecule has 0 radical (unpaired) electrons. The van der Waals surface area contributed by atoms with E-state index >= 15 is 0 Å². The summed E-state index contributed by atoms with van der Waals surface area (Å²) in [6, 6.07) is 1.10. The summed E-state index contributed by atoms with van der Waals surface area (Å²) in [6.45, 7) is 0. The average molecular weight is 550 g/mol. The van der Waals surface area contributed by atoms with Crippen LogP contribution in [-0.2, 0) is 0 Å². The lowest BCUT2D eigenvalue weighted by molar-refractivity contribution is 0.521. The van der Waals surface area contributed by atoms with Crippen LogP contribution in [0.15, 0.2) is 0 Å². The first-order valence-electron chi connectivity index (χ1n) is 12.1. The van der Waals surface area contributed by atoms with Gasteiger partial charge in [0, 0.05) is 0 Å². The van der Waals surface area contributed by atoms with Crippen LogP contribution in [0.25, 0.3) is 0 Å². The summed E-state index contributed by atoms with van der Waals surface area (Å²) in [5, 5.41) is 0. The molecule has 4 heteroatoms. The molecule has 0 atom stereocenters. The van der Waals surface area contributed by atoms with Crippen LogP contribution < -0.4 is 0 Å². The second kappa shape index (κ2) is 25.6. The lowest BCUT2D eigenvalue weighted by Gasteiger charge is -2.04. The molecule has 0 nitrogen and oxygen atoms in total. The predicted molar refractivity (Wildman–Crippen MR) is 140 cm³/mol. The Morgan fingerprint density at radius 3 is 0.815 bits per heavy atom. The average Bonchev–Trinajstić information content (AvgIpc) is 2.65. The Balaban J connectivity index is 2.97. The van der Waals surface area contributed by atoms with Crippen molar-refractivity contribution in [2.45, 2.75) is 141 Å². The molecule has 0 heterocycles. The molecule has 0 N–H and O–H groups in total. The Bertz CT molecular complexity index is 265. The largest absolute Gasteiger partial charge is 0.237 e. The summed E-state index contributed by atoms with van der Waals surface area (Å²) in [4.78, 5) is 0. The molecular weight excluding hydrogens is 502 g/mol. The summed E-state index contributed by atoms with van der Waals surface area (Å²) in [6.07, 6.45) is 30.3. The van der Waals surface area contributed by atoms with Crippen molar-refractivity contribution in [3.63, 3.8) is 0 Å². The van der Waals surface area contributed by atoms with Gasteiger partial charge >= 0.3 is 0 Å². The van der Waals surface area contributed by atoms with E-state index in [4.69, 9.17) is 22.2 Å². The summed E-state index contributed by atoms with van der Waals surface area (Å²) < 4.78 is 1.34. The first-order chi connectivity index (χ1) is 13.3. The number of hydrogen-bond donors (Lipinski definition) is 0. The number of halogens is 3. The molecule has 27 heavy (non-hydrogen) atoms. The van der Waals surface area contributed by atoms with Crippen LogP contribution in [0.3, 0.4) is 0 Å². The van der Waals surface area contributed by atoms with E-state index in [0.717, 1.165) is 6.04 Å². The molecule has 0 aliphatic carbocycles. The third kappa shape index (κ3) is 27.5. The van der Waals surface area contributed by atoms with Gasteiger partial charge in [0.1, 0.15) is 0 Å². The Hall–Kier alpha value is 1.53. The maximum Gasteiger partial charge on any atom is 0.237 e. The fourth-order valence-corrected chi connectivity index (χ4v) is 5.81. The zero-order valence-electron chi connectivity index (χ0n) is 18.0. The third-order valence-corrected chi connectivity index (χ3v) is 8.47. The fraction of sp³-hybridized carbons (Fsp3) is 1.00. The van der Waals surface area contributed by atoms with E-state index < -0.39 is 7.42 Å². The molecule has 0 fully saturated rings. The van der Waals surface area contributed by atoms with Crippen molar-refractivity contribution in [3.8, 4) is 0 Å². The normalized spacial score (nSPS) is 11.6. The van der Waals surface area contributed by atoms with Gasteiger partial charge in [0.25, 0.3) is 0 Å². The zero-order valence-corrected chi connectivity index (χ0v) is 22.8. The molecule has 0 amide bonds. The number of rotatable bonds is 23. The maximum atomic E-state index is 5.88. The minimum atomic E-state index is -1.33. The van der Waals surface area contributed by atoms with Crippen LogP contribution in [0.1, 0.15) is 135 Å². The van der Waals surface area contributed by atoms with Gasteiger partial charge in [-0.1, -0.05) is 151 Å². The number of unbranched alkanes of at least 4 members (excludes halogenated alkanes) is 20. The van der Waals surface area contributed by atoms with Crippen LogP contribution in [0.2, 0.25) is 6.04 Å². The molecule has 0 rings (SSSR count). The van der Waals surface area contributed by atoms with Crippen molar-refractivity contribution in [1.82, 2.24) is 0 Å². The predicted octanol–water partition coefficient (Wildman–Crippen LogP) is 10.3. The summed E-state index contributed by atoms with van der Waals surface area (Å²) in [7, 11) is -1.33. The van der Waals surface area contributed by atoms with Gasteiger partial charge < -0.3 is 0 Å². The van der Waals surface area contributed by atoms with Crippen molar-refractivity contribution >= 4 is 52.2 Å². The standard InChI is InChI=1S/C23H47Cl2ISi/c24-27(25)23-21-19-17-15-13-11-9-7-5-3-1-2-4-6-8-10-12-14-16-18-20-22-26/h27H,1-23H2. The molecule has 0 aliphatic rings. The van der Waals surface area contributed by atoms with Crippen LogP contribution >= 0.6 is 44.7 Å². The monoisotopic (exact) mass is 548 g/mol. The van der Waals surface area contributed by atoms with Crippen molar-refractivity contribution in [2.75, 3.05) is 4.43 Å². The fourth-order valence-electron chi connectivity index (χ4n) is 3.75. The van der Waals surface area contributed by atoms with Gasteiger partial charge in [-0.25, -0.2) is 0 Å². The van der Waals surface area contributed by atoms with E-state index in [1.165, 1.54) is 139 Å². The molecular formula is C23H47Cl2ISi. The van der Waals surface area contributed by atoms with Crippen LogP contribution in [0.5, 0.6) is 0 Å². The summed E-state index contributed by atoms with van der Waals surface area (Å²) >= 11 is 14.2. The molecule has 0 aromatic rings. The minimum absolute atomic E-state index is 1.10. The Labute approximate surface area is 196 Å². The second-order valence-electron chi connectivity index (χ2n) is 8.29. The van der Waals surface area contributed by atoms with Gasteiger partial charge in [-0.15, -0.1) is 0 Å². The molecule has 0 aromatic heterocycles. The molecule has 0 aliphatic heterocycles. The maximum absolute atomic E-state index is 5.88. The highest BCUT2D eigenvalue weighted by atomic mass is 127. The lowest BCUT2D eigenvalue weighted by atomic mass is 10.0. The van der Waals surface area contributed by atoms with Crippen molar-refractivity contribution in [3.05, 3.63) is 0 Å². The van der Waals surface area contributed by atoms with Gasteiger partial charge in [0.15, 0.2) is 0 Å². The highest BCUT2D eigenvalue weighted by molar-refractivity contribution is 14.1. The quantitative estimate of drug-likeness (QED) is 0.0391. The van der Waals surface area contributed by atoms with Gasteiger partial charge in [0.2, 0.25) is 7.42 Å². The Morgan fingerprint density at radius 1 is 0.370 bits per heavy atom. The lowest BCUT2D eigenvalue weighted by Crippen LogP contribution is -1.91. The van der Waals surface area contributed by atoms with Crippen LogP contribution in [0.4, 0.5) is 0 Å². The van der Waals surface area contributed by atoms with Gasteiger partial charge in [0.05, 0.1) is 0 Å². The van der Waals surface area contributed by atoms with E-state index in [1.807, 2.05) is 0 Å². The molecule has 0 saturated carbocycles. The third-order valence-electron chi connectivity index (χ3n) is 5.56. The van der Waals surface area contributed by atoms with E-state index in [1.54, 1.807) is 0 Å². The molecule has 0 spiro atoms. The van der Waals surface area contributed by atoms with E-state index in [0.29, 0.717) is 0 Å². The summed E-state index contributed by atoms with van der Waals surface area (Å²) in [5.41, 5.74) is 0. The molecule has 0 bridgehead atoms. The number of alkyl halides is 1. The van der Waals surface area contributed by atoms with Gasteiger partial charge in [-0.3, -0.25) is 0 Å². The van der Waals surface area contributed by atoms with E-state index in [9.17, 15) is 0 Å². The van der Waals surface area contributed by atoms with E-state index in [2.05, 4.69) is 22.6 Å². The smallest absolute Gasteiger partial charge is 0.150 e.